The van der Waals surface area contributed by atoms with Gasteiger partial charge in [0.05, 0.1) is 13.7 Å². The topological polar surface area (TPSA) is 53.0 Å². The maximum absolute atomic E-state index is 11.0. The minimum Gasteiger partial charge on any atom is -0.497 e. The zero-order valence-electron chi connectivity index (χ0n) is 13.1. The Labute approximate surface area is 131 Å². The Morgan fingerprint density at radius 2 is 2.00 bits per heavy atom. The SMILES string of the molecule is COc1ccc(CN2C[C@@H]3CC[C@H](C2)N(CC(=O)O)C3)cc1. The van der Waals surface area contributed by atoms with E-state index in [1.54, 1.807) is 7.11 Å². The number of hydrogen-bond donors (Lipinski definition) is 1. The minimum absolute atomic E-state index is 0.178. The van der Waals surface area contributed by atoms with E-state index in [9.17, 15) is 4.79 Å². The van der Waals surface area contributed by atoms with Gasteiger partial charge in [-0.15, -0.1) is 0 Å². The number of ether oxygens (including phenoxy) is 1. The highest BCUT2D eigenvalue weighted by Gasteiger charge is 2.35. The fourth-order valence-electron chi connectivity index (χ4n) is 3.76. The van der Waals surface area contributed by atoms with Crippen LogP contribution in [0.3, 0.4) is 0 Å². The van der Waals surface area contributed by atoms with Crippen LogP contribution in [0, 0.1) is 5.92 Å². The van der Waals surface area contributed by atoms with Crippen molar-refractivity contribution < 1.29 is 14.6 Å². The lowest BCUT2D eigenvalue weighted by atomic mass is 9.95. The summed E-state index contributed by atoms with van der Waals surface area (Å²) in [7, 11) is 1.68. The number of benzene rings is 1. The largest absolute Gasteiger partial charge is 0.497 e. The van der Waals surface area contributed by atoms with Crippen molar-refractivity contribution >= 4 is 5.97 Å². The number of carboxylic acids is 1. The van der Waals surface area contributed by atoms with Crippen LogP contribution >= 0.6 is 0 Å². The van der Waals surface area contributed by atoms with Gasteiger partial charge in [0, 0.05) is 32.2 Å². The van der Waals surface area contributed by atoms with Crippen LogP contribution in [0.4, 0.5) is 0 Å². The Morgan fingerprint density at radius 1 is 1.23 bits per heavy atom. The first-order valence-corrected chi connectivity index (χ1v) is 7.95. The molecular formula is C17H24N2O3. The average molecular weight is 304 g/mol. The van der Waals surface area contributed by atoms with E-state index in [1.807, 2.05) is 12.1 Å². The van der Waals surface area contributed by atoms with Crippen molar-refractivity contribution in [3.05, 3.63) is 29.8 Å². The molecule has 120 valence electrons. The lowest BCUT2D eigenvalue weighted by molar-refractivity contribution is -0.139. The second-order valence-corrected chi connectivity index (χ2v) is 6.46. The third-order valence-electron chi connectivity index (χ3n) is 4.81. The van der Waals surface area contributed by atoms with Crippen LogP contribution in [-0.4, -0.2) is 60.2 Å². The maximum atomic E-state index is 11.0. The number of nitrogens with zero attached hydrogens (tertiary/aromatic N) is 2. The Kier molecular flexibility index (Phi) is 4.64. The van der Waals surface area contributed by atoms with Gasteiger partial charge >= 0.3 is 5.97 Å². The van der Waals surface area contributed by atoms with Crippen molar-refractivity contribution in [1.29, 1.82) is 0 Å². The summed E-state index contributed by atoms with van der Waals surface area (Å²) in [6, 6.07) is 8.60. The first-order chi connectivity index (χ1) is 10.6. The van der Waals surface area contributed by atoms with Gasteiger partial charge in [0.2, 0.25) is 0 Å². The highest BCUT2D eigenvalue weighted by molar-refractivity contribution is 5.69. The molecule has 1 aromatic rings. The van der Waals surface area contributed by atoms with Crippen LogP contribution in [0.2, 0.25) is 0 Å². The molecule has 0 aliphatic carbocycles. The molecule has 3 heterocycles. The second-order valence-electron chi connectivity index (χ2n) is 6.46. The number of rotatable bonds is 5. The normalized spacial score (nSPS) is 25.9. The number of carbonyl (C=O) groups is 1. The van der Waals surface area contributed by atoms with Crippen molar-refractivity contribution in [1.82, 2.24) is 9.80 Å². The first kappa shape index (κ1) is 15.3. The standard InChI is InChI=1S/C17H24N2O3/c1-22-16-6-3-13(4-7-16)8-18-9-14-2-5-15(11-18)19(10-14)12-17(20)21/h3-4,6-7,14-15H,2,5,8-12H2,1H3,(H,20,21)/t14-,15+/m0/s1. The van der Waals surface area contributed by atoms with Gasteiger partial charge < -0.3 is 9.84 Å². The van der Waals surface area contributed by atoms with E-state index in [0.29, 0.717) is 12.0 Å². The quantitative estimate of drug-likeness (QED) is 0.897. The molecule has 3 saturated heterocycles. The van der Waals surface area contributed by atoms with E-state index in [4.69, 9.17) is 9.84 Å². The van der Waals surface area contributed by atoms with Crippen LogP contribution in [-0.2, 0) is 11.3 Å². The van der Waals surface area contributed by atoms with Gasteiger partial charge in [-0.1, -0.05) is 12.1 Å². The summed E-state index contributed by atoms with van der Waals surface area (Å²) in [6.45, 7) is 4.07. The van der Waals surface area contributed by atoms with Crippen LogP contribution in [0.15, 0.2) is 24.3 Å². The summed E-state index contributed by atoms with van der Waals surface area (Å²) in [5.41, 5.74) is 1.28. The number of aliphatic carboxylic acids is 1. The van der Waals surface area contributed by atoms with E-state index < -0.39 is 5.97 Å². The van der Waals surface area contributed by atoms with E-state index in [2.05, 4.69) is 21.9 Å². The number of hydrogen-bond acceptors (Lipinski definition) is 4. The molecule has 3 fully saturated rings. The number of piperidine rings is 1. The van der Waals surface area contributed by atoms with Crippen LogP contribution in [0.25, 0.3) is 0 Å². The van der Waals surface area contributed by atoms with Crippen molar-refractivity contribution in [3.63, 3.8) is 0 Å². The van der Waals surface area contributed by atoms with Crippen molar-refractivity contribution in [2.45, 2.75) is 25.4 Å². The minimum atomic E-state index is -0.714. The van der Waals surface area contributed by atoms with Gasteiger partial charge in [-0.25, -0.2) is 0 Å². The fourth-order valence-corrected chi connectivity index (χ4v) is 3.76. The molecule has 2 atom stereocenters. The molecule has 2 bridgehead atoms. The van der Waals surface area contributed by atoms with E-state index in [-0.39, 0.29) is 6.54 Å². The van der Waals surface area contributed by atoms with Crippen LogP contribution in [0.1, 0.15) is 18.4 Å². The van der Waals surface area contributed by atoms with Crippen molar-refractivity contribution in [3.8, 4) is 5.75 Å². The molecule has 0 amide bonds. The molecule has 1 aromatic carbocycles. The van der Waals surface area contributed by atoms with E-state index >= 15 is 0 Å². The Morgan fingerprint density at radius 3 is 2.68 bits per heavy atom. The summed E-state index contributed by atoms with van der Waals surface area (Å²) < 4.78 is 5.20. The third-order valence-corrected chi connectivity index (χ3v) is 4.81. The van der Waals surface area contributed by atoms with Gasteiger partial charge in [0.25, 0.3) is 0 Å². The lowest BCUT2D eigenvalue weighted by Gasteiger charge is -2.34. The van der Waals surface area contributed by atoms with Crippen LogP contribution in [0.5, 0.6) is 5.75 Å². The van der Waals surface area contributed by atoms with Crippen LogP contribution < -0.4 is 4.74 Å². The lowest BCUT2D eigenvalue weighted by Crippen LogP contribution is -2.46. The van der Waals surface area contributed by atoms with E-state index in [0.717, 1.165) is 38.3 Å². The summed E-state index contributed by atoms with van der Waals surface area (Å²) in [4.78, 5) is 15.7. The summed E-state index contributed by atoms with van der Waals surface area (Å²) in [5, 5.41) is 9.07. The summed E-state index contributed by atoms with van der Waals surface area (Å²) in [6.07, 6.45) is 2.34. The molecule has 0 unspecified atom stereocenters. The molecule has 0 aromatic heterocycles. The zero-order valence-corrected chi connectivity index (χ0v) is 13.1. The first-order valence-electron chi connectivity index (χ1n) is 7.95. The van der Waals surface area contributed by atoms with Crippen molar-refractivity contribution in [2.24, 2.45) is 5.92 Å². The number of methoxy groups -OCH3 is 1. The van der Waals surface area contributed by atoms with Gasteiger partial charge in [-0.05, 0) is 36.5 Å². The molecule has 4 rings (SSSR count). The summed E-state index contributed by atoms with van der Waals surface area (Å²) in [5.74, 6) is 0.762. The van der Waals surface area contributed by atoms with Gasteiger partial charge in [-0.3, -0.25) is 14.6 Å². The molecule has 3 aliphatic heterocycles. The average Bonchev–Trinajstić information content (AvgIpc) is 2.78. The number of carboxylic acid groups (broad SMARTS) is 1. The van der Waals surface area contributed by atoms with E-state index in [1.165, 1.54) is 12.0 Å². The fraction of sp³-hybridized carbons (Fsp3) is 0.588. The molecule has 0 saturated carbocycles. The maximum Gasteiger partial charge on any atom is 0.317 e. The molecule has 22 heavy (non-hydrogen) atoms. The highest BCUT2D eigenvalue weighted by atomic mass is 16.5. The smallest absolute Gasteiger partial charge is 0.317 e. The molecule has 5 heteroatoms. The molecule has 0 radical (unpaired) electrons. The Balaban J connectivity index is 1.64. The zero-order chi connectivity index (χ0) is 15.5. The Hall–Kier alpha value is -1.59. The molecule has 3 aliphatic rings. The molecule has 0 spiro atoms. The monoisotopic (exact) mass is 304 g/mol. The molecule has 1 N–H and O–H groups in total. The predicted octanol–water partition coefficient (Wildman–Crippen LogP) is 1.68. The number of fused-ring (bicyclic) bond motifs is 4. The second kappa shape index (κ2) is 6.67. The highest BCUT2D eigenvalue weighted by Crippen LogP contribution is 2.28. The van der Waals surface area contributed by atoms with Gasteiger partial charge in [0.15, 0.2) is 0 Å². The Bertz CT molecular complexity index is 517. The van der Waals surface area contributed by atoms with Crippen molar-refractivity contribution in [2.75, 3.05) is 33.3 Å². The third kappa shape index (κ3) is 3.59. The van der Waals surface area contributed by atoms with Gasteiger partial charge in [0.1, 0.15) is 5.75 Å². The summed E-state index contributed by atoms with van der Waals surface area (Å²) >= 11 is 0. The molecular weight excluding hydrogens is 280 g/mol. The predicted molar refractivity (Wildman–Crippen MR) is 84.0 cm³/mol. The molecule has 5 nitrogen and oxygen atoms in total. The van der Waals surface area contributed by atoms with Gasteiger partial charge in [-0.2, -0.15) is 0 Å².